The van der Waals surface area contributed by atoms with Crippen molar-refractivity contribution in [2.75, 3.05) is 11.2 Å². The van der Waals surface area contributed by atoms with Crippen molar-refractivity contribution in [3.63, 3.8) is 0 Å². The number of nitrogens with one attached hydrogen (secondary N) is 1. The molecule has 0 fully saturated rings. The highest BCUT2D eigenvalue weighted by molar-refractivity contribution is 7.09. The van der Waals surface area contributed by atoms with Crippen LogP contribution in [0.4, 0.5) is 5.13 Å². The lowest BCUT2D eigenvalue weighted by Gasteiger charge is -2.15. The summed E-state index contributed by atoms with van der Waals surface area (Å²) in [7, 11) is 0. The van der Waals surface area contributed by atoms with Gasteiger partial charge in [-0.1, -0.05) is 51.1 Å². The molecule has 0 amide bonds. The summed E-state index contributed by atoms with van der Waals surface area (Å²) in [6, 6.07) is 10.2. The van der Waals surface area contributed by atoms with Gasteiger partial charge in [-0.25, -0.2) is 4.98 Å². The van der Waals surface area contributed by atoms with Crippen LogP contribution >= 0.6 is 23.1 Å². The average molecular weight is 296 g/mol. The molecular formula is C14H18ClN3S. The Balaban J connectivity index is 2.13. The van der Waals surface area contributed by atoms with Gasteiger partial charge in [0.05, 0.1) is 6.04 Å². The molecule has 3 nitrogen and oxygen atoms in total. The van der Waals surface area contributed by atoms with Crippen molar-refractivity contribution in [3.8, 4) is 0 Å². The molecule has 5 heteroatoms. The van der Waals surface area contributed by atoms with Crippen LogP contribution in [0, 0.1) is 0 Å². The van der Waals surface area contributed by atoms with Crippen LogP contribution in [-0.2, 0) is 5.41 Å². The highest BCUT2D eigenvalue weighted by Gasteiger charge is 2.20. The topological polar surface area (TPSA) is 37.8 Å². The highest BCUT2D eigenvalue weighted by atomic mass is 35.5. The standard InChI is InChI=1S/C14H18ClN3S/c1-14(2,3)12-17-13(19-18-12)16-11(9-15)10-7-5-4-6-8-10/h4-8,11H,9H2,1-3H3,(H,16,17,18). The van der Waals surface area contributed by atoms with E-state index in [4.69, 9.17) is 11.6 Å². The fourth-order valence-corrected chi connectivity index (χ4v) is 2.70. The number of halogens is 1. The van der Waals surface area contributed by atoms with E-state index in [0.29, 0.717) is 5.88 Å². The quantitative estimate of drug-likeness (QED) is 0.858. The first-order valence-electron chi connectivity index (χ1n) is 6.22. The summed E-state index contributed by atoms with van der Waals surface area (Å²) in [4.78, 5) is 4.53. The van der Waals surface area contributed by atoms with Gasteiger partial charge in [0.1, 0.15) is 5.82 Å². The fourth-order valence-electron chi connectivity index (χ4n) is 1.63. The third kappa shape index (κ3) is 3.67. The molecule has 0 aliphatic carbocycles. The Bertz CT molecular complexity index is 519. The smallest absolute Gasteiger partial charge is 0.203 e. The zero-order valence-electron chi connectivity index (χ0n) is 11.4. The fraction of sp³-hybridized carbons (Fsp3) is 0.429. The van der Waals surface area contributed by atoms with Crippen molar-refractivity contribution < 1.29 is 0 Å². The molecule has 2 rings (SSSR count). The molecule has 102 valence electrons. The zero-order chi connectivity index (χ0) is 13.9. The minimum absolute atomic E-state index is 0.0281. The van der Waals surface area contributed by atoms with Crippen LogP contribution in [0.1, 0.15) is 38.2 Å². The van der Waals surface area contributed by atoms with Crippen molar-refractivity contribution in [3.05, 3.63) is 41.7 Å². The van der Waals surface area contributed by atoms with Gasteiger partial charge < -0.3 is 5.32 Å². The molecule has 0 spiro atoms. The van der Waals surface area contributed by atoms with Gasteiger partial charge in [0.25, 0.3) is 0 Å². The van der Waals surface area contributed by atoms with E-state index in [1.165, 1.54) is 11.5 Å². The van der Waals surface area contributed by atoms with E-state index in [9.17, 15) is 0 Å². The molecule has 0 radical (unpaired) electrons. The van der Waals surface area contributed by atoms with Crippen molar-refractivity contribution in [1.82, 2.24) is 9.36 Å². The number of aromatic nitrogens is 2. The second-order valence-corrected chi connectivity index (χ2v) is 6.50. The van der Waals surface area contributed by atoms with E-state index in [0.717, 1.165) is 16.5 Å². The Hall–Kier alpha value is -1.13. The van der Waals surface area contributed by atoms with Gasteiger partial charge >= 0.3 is 0 Å². The Kier molecular flexibility index (Phi) is 4.42. The summed E-state index contributed by atoms with van der Waals surface area (Å²) in [6.45, 7) is 6.32. The summed E-state index contributed by atoms with van der Waals surface area (Å²) in [5.74, 6) is 1.36. The van der Waals surface area contributed by atoms with E-state index in [1.54, 1.807) is 0 Å². The van der Waals surface area contributed by atoms with Crippen LogP contribution in [0.15, 0.2) is 30.3 Å². The van der Waals surface area contributed by atoms with Crippen LogP contribution < -0.4 is 5.32 Å². The molecule has 1 N–H and O–H groups in total. The second-order valence-electron chi connectivity index (χ2n) is 5.44. The van der Waals surface area contributed by atoms with Crippen LogP contribution in [0.5, 0.6) is 0 Å². The zero-order valence-corrected chi connectivity index (χ0v) is 12.9. The van der Waals surface area contributed by atoms with Crippen molar-refractivity contribution >= 4 is 28.3 Å². The summed E-state index contributed by atoms with van der Waals surface area (Å²) in [5.41, 5.74) is 1.13. The third-order valence-electron chi connectivity index (χ3n) is 2.75. The highest BCUT2D eigenvalue weighted by Crippen LogP contribution is 2.26. The third-order valence-corrected chi connectivity index (χ3v) is 3.71. The molecule has 1 atom stereocenters. The summed E-state index contributed by atoms with van der Waals surface area (Å²) in [5, 5.41) is 4.17. The van der Waals surface area contributed by atoms with E-state index in [1.807, 2.05) is 18.2 Å². The van der Waals surface area contributed by atoms with E-state index < -0.39 is 0 Å². The normalized spacial score (nSPS) is 13.3. The first-order valence-corrected chi connectivity index (χ1v) is 7.53. The number of alkyl halides is 1. The van der Waals surface area contributed by atoms with Gasteiger partial charge in [0.15, 0.2) is 0 Å². The molecular weight excluding hydrogens is 278 g/mol. The number of rotatable bonds is 4. The molecule has 1 aromatic heterocycles. The Morgan fingerprint density at radius 2 is 1.95 bits per heavy atom. The Morgan fingerprint density at radius 3 is 2.47 bits per heavy atom. The lowest BCUT2D eigenvalue weighted by atomic mass is 9.96. The summed E-state index contributed by atoms with van der Waals surface area (Å²) >= 11 is 7.43. The van der Waals surface area contributed by atoms with Crippen molar-refractivity contribution in [2.45, 2.75) is 32.2 Å². The van der Waals surface area contributed by atoms with Gasteiger partial charge in [0.2, 0.25) is 5.13 Å². The van der Waals surface area contributed by atoms with Gasteiger partial charge in [-0.15, -0.1) is 11.6 Å². The van der Waals surface area contributed by atoms with Crippen molar-refractivity contribution in [1.29, 1.82) is 0 Å². The monoisotopic (exact) mass is 295 g/mol. The number of benzene rings is 1. The minimum atomic E-state index is -0.0281. The minimum Gasteiger partial charge on any atom is -0.352 e. The molecule has 0 saturated carbocycles. The molecule has 0 aliphatic rings. The molecule has 19 heavy (non-hydrogen) atoms. The molecule has 1 heterocycles. The van der Waals surface area contributed by atoms with Crippen LogP contribution in [-0.4, -0.2) is 15.2 Å². The van der Waals surface area contributed by atoms with Gasteiger partial charge in [-0.3, -0.25) is 0 Å². The number of hydrogen-bond donors (Lipinski definition) is 1. The van der Waals surface area contributed by atoms with E-state index in [-0.39, 0.29) is 11.5 Å². The maximum Gasteiger partial charge on any atom is 0.203 e. The maximum atomic E-state index is 6.04. The van der Waals surface area contributed by atoms with E-state index >= 15 is 0 Å². The Morgan fingerprint density at radius 1 is 1.26 bits per heavy atom. The molecule has 0 bridgehead atoms. The molecule has 2 aromatic rings. The Labute approximate surface area is 123 Å². The van der Waals surface area contributed by atoms with Crippen LogP contribution in [0.25, 0.3) is 0 Å². The second kappa shape index (κ2) is 5.88. The summed E-state index contributed by atoms with van der Waals surface area (Å²) < 4.78 is 4.39. The predicted molar refractivity (Wildman–Crippen MR) is 82.1 cm³/mol. The molecule has 1 unspecified atom stereocenters. The number of nitrogens with zero attached hydrogens (tertiary/aromatic N) is 2. The van der Waals surface area contributed by atoms with Gasteiger partial charge in [0, 0.05) is 22.8 Å². The first kappa shape index (κ1) is 14.3. The van der Waals surface area contributed by atoms with Crippen molar-refractivity contribution in [2.24, 2.45) is 0 Å². The maximum absolute atomic E-state index is 6.04. The lowest BCUT2D eigenvalue weighted by molar-refractivity contribution is 0.555. The average Bonchev–Trinajstić information content (AvgIpc) is 2.85. The SMILES string of the molecule is CC(C)(C)c1nsc(NC(CCl)c2ccccc2)n1. The van der Waals surface area contributed by atoms with Crippen LogP contribution in [0.2, 0.25) is 0 Å². The first-order chi connectivity index (χ1) is 9.00. The van der Waals surface area contributed by atoms with Crippen LogP contribution in [0.3, 0.4) is 0 Å². The van der Waals surface area contributed by atoms with E-state index in [2.05, 4.69) is 47.6 Å². The molecule has 0 aliphatic heterocycles. The number of anilines is 1. The molecule has 1 aromatic carbocycles. The lowest BCUT2D eigenvalue weighted by Crippen LogP contribution is -2.15. The molecule has 0 saturated heterocycles. The summed E-state index contributed by atoms with van der Waals surface area (Å²) in [6.07, 6.45) is 0. The number of hydrogen-bond acceptors (Lipinski definition) is 4. The predicted octanol–water partition coefficient (Wildman–Crippen LogP) is 4.23. The van der Waals surface area contributed by atoms with Gasteiger partial charge in [-0.05, 0) is 5.56 Å². The largest absolute Gasteiger partial charge is 0.352 e. The van der Waals surface area contributed by atoms with Gasteiger partial charge in [-0.2, -0.15) is 4.37 Å².